The highest BCUT2D eigenvalue weighted by molar-refractivity contribution is 6.09. The molecule has 9 atom stereocenters. The number of carbonyl (C=O) groups excluding carboxylic acids is 9. The van der Waals surface area contributed by atoms with Crippen LogP contribution in [0.2, 0.25) is 0 Å². The first-order valence-electron chi connectivity index (χ1n) is 40.5. The predicted octanol–water partition coefficient (Wildman–Crippen LogP) is 10.5. The first-order valence-corrected chi connectivity index (χ1v) is 40.5. The zero-order valence-corrected chi connectivity index (χ0v) is 66.2. The molecule has 9 unspecified atom stereocenters. The van der Waals surface area contributed by atoms with Crippen molar-refractivity contribution in [2.75, 3.05) is 77.7 Å². The predicted molar refractivity (Wildman–Crippen MR) is 439 cm³/mol. The number of pyridine rings is 3. The van der Waals surface area contributed by atoms with E-state index in [-0.39, 0.29) is 85.0 Å². The molecule has 9 aromatic rings. The van der Waals surface area contributed by atoms with Crippen molar-refractivity contribution in [2.24, 2.45) is 0 Å². The highest BCUT2D eigenvalue weighted by Gasteiger charge is 2.57. The van der Waals surface area contributed by atoms with Crippen LogP contribution in [-0.2, 0) is 97.9 Å². The maximum Gasteiger partial charge on any atom is 0.244 e. The lowest BCUT2D eigenvalue weighted by Crippen LogP contribution is -2.66. The second-order valence-electron chi connectivity index (χ2n) is 34.5. The molecule has 9 amide bonds. The van der Waals surface area contributed by atoms with Gasteiger partial charge in [-0.3, -0.25) is 58.3 Å². The molecule has 6 aromatic carbocycles. The number of rotatable bonds is 12. The summed E-state index contributed by atoms with van der Waals surface area (Å²) in [5, 5.41) is 21.1. The summed E-state index contributed by atoms with van der Waals surface area (Å²) < 4.78 is 28.3. The number of benzene rings is 6. The number of nitrogens with zero attached hydrogens (tertiary/aromatic N) is 8. The number of hydrogen-bond acceptors (Lipinski definition) is 15. The average Bonchev–Trinajstić information content (AvgIpc) is 1.56. The van der Waals surface area contributed by atoms with Crippen LogP contribution < -0.4 is 37.2 Å². The molecule has 5 fully saturated rings. The van der Waals surface area contributed by atoms with Crippen molar-refractivity contribution in [3.05, 3.63) is 267 Å². The van der Waals surface area contributed by atoms with Crippen LogP contribution in [0.25, 0.3) is 0 Å². The number of nitrogens with one attached hydrogen (secondary N) is 7. The second kappa shape index (κ2) is 29.4. The molecule has 24 nitrogen and oxygen atoms in total. The van der Waals surface area contributed by atoms with E-state index in [0.717, 1.165) is 99.6 Å². The van der Waals surface area contributed by atoms with Crippen LogP contribution in [0.15, 0.2) is 188 Å². The number of anilines is 6. The Labute approximate surface area is 681 Å². The zero-order chi connectivity index (χ0) is 82.0. The third-order valence-corrected chi connectivity index (χ3v) is 26.7. The SMILES string of the molecule is CC12CCCN1CC(c1cc(F)cc(F)c1)N(CC(=O)Nc1ccc3c(c1)CC1(C3)C(=O)Nc3ncccc31)C2=O.CC12CCCN1CC(c1ccccc1)N(CC(=O)Nc1ccc3c(c1)CC1(C3)C(=O)Nc3ncccc31)C2=O.CC1NC(C)(C)C(=O)N(CC(=O)Nc2ccc3c(c2)CC2(C3)C(=O)Nc3ncccc32)C1c1ccccc1. The topological polar surface area (TPSA) is 293 Å². The number of carbonyl (C=O) groups is 9. The molecule has 26 heteroatoms. The Kier molecular flexibility index (Phi) is 19.2. The van der Waals surface area contributed by atoms with Gasteiger partial charge in [-0.05, 0) is 229 Å². The molecule has 3 aromatic heterocycles. The number of hydrogen-bond donors (Lipinski definition) is 7. The normalized spacial score (nSPS) is 26.4. The summed E-state index contributed by atoms with van der Waals surface area (Å²) in [6.07, 6.45) is 11.7. The van der Waals surface area contributed by atoms with Crippen molar-refractivity contribution in [1.29, 1.82) is 0 Å². The molecular formula is C92H91F2N15O9. The Hall–Kier alpha value is -12.3. The molecule has 7 N–H and O–H groups in total. The quantitative estimate of drug-likeness (QED) is 0.0598. The lowest BCUT2D eigenvalue weighted by Gasteiger charge is -2.48. The Bertz CT molecular complexity index is 5660. The van der Waals surface area contributed by atoms with Gasteiger partial charge in [0.1, 0.15) is 48.7 Å². The first kappa shape index (κ1) is 77.0. The number of piperazine rings is 3. The van der Waals surface area contributed by atoms with Crippen molar-refractivity contribution < 1.29 is 51.9 Å². The standard InChI is InChI=1S/C31H29F2N5O3.C31H31N5O3.C30H31N5O3/c1-30-7-3-9-37(30)16-25(19-10-21(32)13-22(33)11-19)38(29(30)41)17-26(39)35-23-6-5-18-14-31(15-20(18)12-23)24-4-2-8-34-27(24)36-28(31)40;1-30-12-6-14-35(30)18-25(20-7-3-2-4-8-20)36(29(30)39)19-26(37)33-23-11-10-21-16-31(17-22(21)15-23)24-9-5-13-32-27(24)34-28(31)38;1-18-25(19-8-5-4-6-9-19)35(28(38)29(2,3)34-18)17-24(36)32-22-12-11-20-15-30(16-21(20)14-22)23-10-7-13-31-26(23)33-27(30)37/h2,4-6,8,10-13,25H,3,7,9,14-17H2,1H3,(H,35,39)(H,34,36,40);2-5,7-11,13,15,25H,6,12,14,16-19H2,1H3,(H,33,37)(H,32,34,38);4-14,18,25,34H,15-17H2,1-3H3,(H,32,36)(H,31,33,37). The van der Waals surface area contributed by atoms with E-state index in [9.17, 15) is 51.9 Å². The maximum atomic E-state index is 14.2. The fourth-order valence-electron chi connectivity index (χ4n) is 20.9. The van der Waals surface area contributed by atoms with Gasteiger partial charge in [0.25, 0.3) is 0 Å². The Morgan fingerprint density at radius 3 is 1.19 bits per heavy atom. The fraction of sp³-hybridized carbons (Fsp3) is 0.348. The summed E-state index contributed by atoms with van der Waals surface area (Å²) in [4.78, 5) is 142. The van der Waals surface area contributed by atoms with Crippen molar-refractivity contribution in [2.45, 2.75) is 156 Å². The maximum absolute atomic E-state index is 14.2. The van der Waals surface area contributed by atoms with Gasteiger partial charge in [-0.1, -0.05) is 97.1 Å². The minimum Gasteiger partial charge on any atom is -0.325 e. The summed E-state index contributed by atoms with van der Waals surface area (Å²) in [5.74, 6) is -0.936. The second-order valence-corrected chi connectivity index (χ2v) is 34.5. The van der Waals surface area contributed by atoms with Crippen molar-refractivity contribution in [3.8, 4) is 0 Å². The van der Waals surface area contributed by atoms with E-state index in [0.29, 0.717) is 98.1 Å². The van der Waals surface area contributed by atoms with E-state index in [4.69, 9.17) is 0 Å². The van der Waals surface area contributed by atoms with Crippen LogP contribution in [0.3, 0.4) is 0 Å². The van der Waals surface area contributed by atoms with E-state index in [1.807, 2.05) is 180 Å². The molecule has 118 heavy (non-hydrogen) atoms. The lowest BCUT2D eigenvalue weighted by atomic mass is 9.79. The van der Waals surface area contributed by atoms with Crippen molar-refractivity contribution in [3.63, 3.8) is 0 Å². The number of amides is 9. The lowest BCUT2D eigenvalue weighted by molar-refractivity contribution is -0.154. The Morgan fingerprint density at radius 1 is 0.424 bits per heavy atom. The molecule has 602 valence electrons. The Morgan fingerprint density at radius 2 is 0.788 bits per heavy atom. The molecule has 0 bridgehead atoms. The molecule has 8 aliphatic heterocycles. The van der Waals surface area contributed by atoms with Gasteiger partial charge < -0.3 is 46.6 Å². The van der Waals surface area contributed by atoms with Gasteiger partial charge in [-0.25, -0.2) is 23.7 Å². The van der Waals surface area contributed by atoms with Crippen LogP contribution in [0.4, 0.5) is 43.3 Å². The molecule has 3 aliphatic carbocycles. The van der Waals surface area contributed by atoms with Crippen LogP contribution in [-0.4, -0.2) is 161 Å². The van der Waals surface area contributed by atoms with E-state index in [1.54, 1.807) is 34.5 Å². The monoisotopic (exact) mass is 1590 g/mol. The largest absolute Gasteiger partial charge is 0.325 e. The fourth-order valence-corrected chi connectivity index (χ4v) is 20.9. The van der Waals surface area contributed by atoms with Crippen LogP contribution in [0, 0.1) is 11.6 Å². The molecule has 0 radical (unpaired) electrons. The third-order valence-electron chi connectivity index (χ3n) is 26.7. The van der Waals surface area contributed by atoms with E-state index >= 15 is 0 Å². The summed E-state index contributed by atoms with van der Waals surface area (Å²) in [6, 6.07) is 50.6. The van der Waals surface area contributed by atoms with Crippen LogP contribution >= 0.6 is 0 Å². The number of fused-ring (bicyclic) bond motifs is 11. The first-order chi connectivity index (χ1) is 56.7. The summed E-state index contributed by atoms with van der Waals surface area (Å²) >= 11 is 0. The van der Waals surface area contributed by atoms with E-state index in [2.05, 4.69) is 62.0 Å². The van der Waals surface area contributed by atoms with Gasteiger partial charge in [0.15, 0.2) is 0 Å². The molecule has 3 spiro atoms. The molecule has 0 saturated carbocycles. The zero-order valence-electron chi connectivity index (χ0n) is 66.2. The minimum absolute atomic E-state index is 0.00963. The van der Waals surface area contributed by atoms with Gasteiger partial charge in [-0.15, -0.1) is 0 Å². The van der Waals surface area contributed by atoms with Crippen molar-refractivity contribution >= 4 is 87.7 Å². The highest BCUT2D eigenvalue weighted by Crippen LogP contribution is 2.51. The van der Waals surface area contributed by atoms with Gasteiger partial charge in [-0.2, -0.15) is 0 Å². The van der Waals surface area contributed by atoms with Crippen LogP contribution in [0.1, 0.15) is 145 Å². The highest BCUT2D eigenvalue weighted by atomic mass is 19.1. The van der Waals surface area contributed by atoms with Crippen molar-refractivity contribution in [1.82, 2.24) is 44.8 Å². The smallest absolute Gasteiger partial charge is 0.244 e. The van der Waals surface area contributed by atoms with Gasteiger partial charge in [0, 0.05) is 77.5 Å². The minimum atomic E-state index is -0.778. The van der Waals surface area contributed by atoms with Gasteiger partial charge in [0.2, 0.25) is 53.2 Å². The molecule has 20 rings (SSSR count). The third kappa shape index (κ3) is 13.3. The van der Waals surface area contributed by atoms with Gasteiger partial charge in [0.05, 0.1) is 51.0 Å². The molecular weight excluding hydrogens is 1500 g/mol. The van der Waals surface area contributed by atoms with E-state index < -0.39 is 56.4 Å². The molecule has 11 aliphatic rings. The average molecular weight is 1590 g/mol. The van der Waals surface area contributed by atoms with Crippen LogP contribution in [0.5, 0.6) is 0 Å². The molecule has 5 saturated heterocycles. The molecule has 11 heterocycles. The summed E-state index contributed by atoms with van der Waals surface area (Å²) in [6.45, 7) is 12.0. The summed E-state index contributed by atoms with van der Waals surface area (Å²) in [5.41, 5.74) is 9.12. The Balaban J connectivity index is 0.000000122. The van der Waals surface area contributed by atoms with Gasteiger partial charge >= 0.3 is 0 Å². The van der Waals surface area contributed by atoms with E-state index in [1.165, 1.54) is 17.0 Å². The number of aromatic nitrogens is 3. The summed E-state index contributed by atoms with van der Waals surface area (Å²) in [7, 11) is 0. The number of halogens is 2.